The van der Waals surface area contributed by atoms with Crippen LogP contribution in [0.2, 0.25) is 0 Å². The monoisotopic (exact) mass is 445 g/mol. The summed E-state index contributed by atoms with van der Waals surface area (Å²) in [6, 6.07) is 24.1. The van der Waals surface area contributed by atoms with Crippen molar-refractivity contribution in [2.75, 3.05) is 0 Å². The number of nitrogens with zero attached hydrogens (tertiary/aromatic N) is 2. The van der Waals surface area contributed by atoms with Gasteiger partial charge in [0.25, 0.3) is 11.5 Å². The number of hydrogen-bond donors (Lipinski definition) is 1. The second kappa shape index (κ2) is 9.62. The van der Waals surface area contributed by atoms with E-state index >= 15 is 0 Å². The van der Waals surface area contributed by atoms with Crippen molar-refractivity contribution in [1.29, 1.82) is 0 Å². The van der Waals surface area contributed by atoms with E-state index in [0.29, 0.717) is 21.8 Å². The SMILES string of the molecule is Cc1ccc(Sc2ccc(=O)n(-c3ccc(C(=O)NCc4ccccc4F)cc3)n2)cc1. The Morgan fingerprint density at radius 1 is 0.969 bits per heavy atom. The van der Waals surface area contributed by atoms with Crippen LogP contribution in [-0.2, 0) is 6.54 Å². The minimum Gasteiger partial charge on any atom is -0.348 e. The number of aryl methyl sites for hydroxylation is 1. The smallest absolute Gasteiger partial charge is 0.271 e. The predicted octanol–water partition coefficient (Wildman–Crippen LogP) is 4.76. The van der Waals surface area contributed by atoms with E-state index in [4.69, 9.17) is 0 Å². The summed E-state index contributed by atoms with van der Waals surface area (Å²) >= 11 is 1.46. The van der Waals surface area contributed by atoms with Crippen LogP contribution in [0, 0.1) is 12.7 Å². The minimum absolute atomic E-state index is 0.0898. The summed E-state index contributed by atoms with van der Waals surface area (Å²) in [5, 5.41) is 7.83. The molecule has 3 aromatic carbocycles. The molecule has 0 aliphatic carbocycles. The minimum atomic E-state index is -0.364. The molecular formula is C25H20FN3O2S. The number of rotatable bonds is 6. The van der Waals surface area contributed by atoms with Crippen LogP contribution >= 0.6 is 11.8 Å². The highest BCUT2D eigenvalue weighted by Gasteiger charge is 2.09. The van der Waals surface area contributed by atoms with Gasteiger partial charge in [0.15, 0.2) is 0 Å². The molecule has 7 heteroatoms. The highest BCUT2D eigenvalue weighted by atomic mass is 32.2. The Bertz CT molecular complexity index is 1300. The maximum absolute atomic E-state index is 13.7. The number of carbonyl (C=O) groups is 1. The summed E-state index contributed by atoms with van der Waals surface area (Å²) in [6.07, 6.45) is 0. The van der Waals surface area contributed by atoms with E-state index < -0.39 is 0 Å². The van der Waals surface area contributed by atoms with Crippen LogP contribution in [0.5, 0.6) is 0 Å². The zero-order valence-corrected chi connectivity index (χ0v) is 18.1. The Hall–Kier alpha value is -3.71. The molecule has 1 amide bonds. The third-order valence-electron chi connectivity index (χ3n) is 4.79. The molecule has 0 bridgehead atoms. The molecule has 160 valence electrons. The summed E-state index contributed by atoms with van der Waals surface area (Å²) in [4.78, 5) is 25.8. The molecule has 4 rings (SSSR count). The van der Waals surface area contributed by atoms with Crippen LogP contribution in [-0.4, -0.2) is 15.7 Å². The van der Waals surface area contributed by atoms with E-state index in [9.17, 15) is 14.0 Å². The van der Waals surface area contributed by atoms with E-state index in [-0.39, 0.29) is 23.8 Å². The van der Waals surface area contributed by atoms with Crippen LogP contribution in [0.25, 0.3) is 5.69 Å². The molecular weight excluding hydrogens is 425 g/mol. The molecule has 0 spiro atoms. The summed E-state index contributed by atoms with van der Waals surface area (Å²) in [5.74, 6) is -0.694. The van der Waals surface area contributed by atoms with Gasteiger partial charge in [-0.25, -0.2) is 4.39 Å². The number of benzene rings is 3. The highest BCUT2D eigenvalue weighted by Crippen LogP contribution is 2.25. The van der Waals surface area contributed by atoms with Gasteiger partial charge in [0, 0.05) is 28.6 Å². The second-order valence-corrected chi connectivity index (χ2v) is 8.25. The van der Waals surface area contributed by atoms with Crippen molar-refractivity contribution >= 4 is 17.7 Å². The summed E-state index contributed by atoms with van der Waals surface area (Å²) in [5.41, 5.74) is 2.27. The van der Waals surface area contributed by atoms with Gasteiger partial charge >= 0.3 is 0 Å². The fraction of sp³-hybridized carbons (Fsp3) is 0.0800. The molecule has 0 radical (unpaired) electrons. The third kappa shape index (κ3) is 5.12. The first-order valence-corrected chi connectivity index (χ1v) is 10.8. The largest absolute Gasteiger partial charge is 0.348 e. The first-order chi connectivity index (χ1) is 15.5. The topological polar surface area (TPSA) is 64.0 Å². The highest BCUT2D eigenvalue weighted by molar-refractivity contribution is 7.99. The zero-order chi connectivity index (χ0) is 22.5. The van der Waals surface area contributed by atoms with Crippen molar-refractivity contribution < 1.29 is 9.18 Å². The Balaban J connectivity index is 1.48. The average Bonchev–Trinajstić information content (AvgIpc) is 2.81. The van der Waals surface area contributed by atoms with Crippen LogP contribution < -0.4 is 10.9 Å². The fourth-order valence-corrected chi connectivity index (χ4v) is 3.81. The molecule has 32 heavy (non-hydrogen) atoms. The number of halogens is 1. The van der Waals surface area contributed by atoms with Crippen molar-refractivity contribution in [2.45, 2.75) is 23.4 Å². The van der Waals surface area contributed by atoms with Crippen molar-refractivity contribution in [1.82, 2.24) is 15.1 Å². The van der Waals surface area contributed by atoms with E-state index in [0.717, 1.165) is 4.90 Å². The molecule has 1 aromatic heterocycles. The van der Waals surface area contributed by atoms with Crippen molar-refractivity contribution in [2.24, 2.45) is 0 Å². The van der Waals surface area contributed by atoms with Crippen molar-refractivity contribution in [3.63, 3.8) is 0 Å². The number of aromatic nitrogens is 2. The Morgan fingerprint density at radius 2 is 1.69 bits per heavy atom. The lowest BCUT2D eigenvalue weighted by Crippen LogP contribution is -2.24. The number of amides is 1. The Labute approximate surface area is 188 Å². The molecule has 0 saturated carbocycles. The molecule has 0 fully saturated rings. The van der Waals surface area contributed by atoms with Gasteiger partial charge in [-0.3, -0.25) is 9.59 Å². The Morgan fingerprint density at radius 3 is 2.41 bits per heavy atom. The molecule has 1 N–H and O–H groups in total. The second-order valence-electron chi connectivity index (χ2n) is 7.16. The van der Waals surface area contributed by atoms with Crippen molar-refractivity contribution in [3.05, 3.63) is 118 Å². The van der Waals surface area contributed by atoms with Gasteiger partial charge in [-0.1, -0.05) is 47.7 Å². The van der Waals surface area contributed by atoms with Gasteiger partial charge in [-0.2, -0.15) is 9.78 Å². The average molecular weight is 446 g/mol. The van der Waals surface area contributed by atoms with Gasteiger partial charge in [-0.15, -0.1) is 0 Å². The molecule has 0 atom stereocenters. The normalized spacial score (nSPS) is 10.7. The number of carbonyl (C=O) groups excluding carboxylic acids is 1. The molecule has 1 heterocycles. The van der Waals surface area contributed by atoms with Gasteiger partial charge in [0.05, 0.1) is 5.69 Å². The molecule has 4 aromatic rings. The number of hydrogen-bond acceptors (Lipinski definition) is 4. The standard InChI is InChI=1S/C25H20FN3O2S/c1-17-6-12-21(13-7-17)32-23-14-15-24(30)29(28-23)20-10-8-18(9-11-20)25(31)27-16-19-4-2-3-5-22(19)26/h2-15H,16H2,1H3,(H,27,31). The van der Waals surface area contributed by atoms with Crippen molar-refractivity contribution in [3.8, 4) is 5.69 Å². The summed E-state index contributed by atoms with van der Waals surface area (Å²) in [6.45, 7) is 2.11. The van der Waals surface area contributed by atoms with E-state index in [2.05, 4.69) is 10.4 Å². The van der Waals surface area contributed by atoms with E-state index in [1.807, 2.05) is 31.2 Å². The quantitative estimate of drug-likeness (QED) is 0.465. The molecule has 0 aliphatic heterocycles. The first kappa shape index (κ1) is 21.5. The van der Waals surface area contributed by atoms with Crippen LogP contribution in [0.15, 0.2) is 99.6 Å². The zero-order valence-electron chi connectivity index (χ0n) is 17.3. The van der Waals surface area contributed by atoms with E-state index in [1.165, 1.54) is 34.1 Å². The number of nitrogens with one attached hydrogen (secondary N) is 1. The predicted molar refractivity (Wildman–Crippen MR) is 123 cm³/mol. The first-order valence-electron chi connectivity index (χ1n) is 9.96. The van der Waals surface area contributed by atoms with Gasteiger partial charge in [0.1, 0.15) is 10.8 Å². The fourth-order valence-electron chi connectivity index (χ4n) is 3.03. The molecule has 0 aliphatic rings. The Kier molecular flexibility index (Phi) is 6.47. The van der Waals surface area contributed by atoms with Crippen LogP contribution in [0.4, 0.5) is 4.39 Å². The summed E-state index contributed by atoms with van der Waals surface area (Å²) < 4.78 is 15.0. The third-order valence-corrected chi connectivity index (χ3v) is 5.73. The van der Waals surface area contributed by atoms with Gasteiger partial charge in [-0.05, 0) is 55.5 Å². The van der Waals surface area contributed by atoms with Crippen LogP contribution in [0.1, 0.15) is 21.5 Å². The lowest BCUT2D eigenvalue weighted by molar-refractivity contribution is 0.0950. The molecule has 0 saturated heterocycles. The van der Waals surface area contributed by atoms with Gasteiger partial charge < -0.3 is 5.32 Å². The summed E-state index contributed by atoms with van der Waals surface area (Å²) in [7, 11) is 0. The van der Waals surface area contributed by atoms with Crippen LogP contribution in [0.3, 0.4) is 0 Å². The molecule has 0 unspecified atom stereocenters. The van der Waals surface area contributed by atoms with E-state index in [1.54, 1.807) is 48.5 Å². The lowest BCUT2D eigenvalue weighted by Gasteiger charge is -2.09. The maximum atomic E-state index is 13.7. The van der Waals surface area contributed by atoms with Gasteiger partial charge in [0.2, 0.25) is 0 Å². The lowest BCUT2D eigenvalue weighted by atomic mass is 10.1. The molecule has 5 nitrogen and oxygen atoms in total. The maximum Gasteiger partial charge on any atom is 0.271 e.